The molecule has 0 bridgehead atoms. The molecule has 4 aromatic rings. The van der Waals surface area contributed by atoms with Gasteiger partial charge in [0.05, 0.1) is 45.2 Å². The molecule has 1 atom stereocenters. The summed E-state index contributed by atoms with van der Waals surface area (Å²) < 4.78 is 29.2. The molecule has 11 heteroatoms. The molecule has 1 saturated heterocycles. The van der Waals surface area contributed by atoms with Gasteiger partial charge in [0, 0.05) is 50.4 Å². The second-order valence-corrected chi connectivity index (χ2v) is 11.7. The van der Waals surface area contributed by atoms with Crippen LogP contribution in [0.15, 0.2) is 66.0 Å². The molecule has 0 saturated carbocycles. The lowest BCUT2D eigenvalue weighted by Gasteiger charge is -2.23. The lowest BCUT2D eigenvalue weighted by molar-refractivity contribution is 0.0256. The number of nitrogens with zero attached hydrogens (tertiary/aromatic N) is 5. The van der Waals surface area contributed by atoms with E-state index >= 15 is 0 Å². The van der Waals surface area contributed by atoms with Crippen LogP contribution in [0, 0.1) is 0 Å². The summed E-state index contributed by atoms with van der Waals surface area (Å²) in [6.07, 6.45) is 6.26. The third-order valence-corrected chi connectivity index (χ3v) is 7.79. The molecule has 1 N–H and O–H groups in total. The first-order valence-corrected chi connectivity index (χ1v) is 14.0. The summed E-state index contributed by atoms with van der Waals surface area (Å²) >= 11 is 0. The number of methoxy groups -OCH3 is 1. The molecule has 1 aliphatic rings. The molecule has 4 aromatic heterocycles. The number of fused-ring (bicyclic) bond motifs is 1. The summed E-state index contributed by atoms with van der Waals surface area (Å²) in [7, 11) is -1.72. The molecule has 0 aliphatic carbocycles. The van der Waals surface area contributed by atoms with Gasteiger partial charge in [0.25, 0.3) is 5.91 Å². The van der Waals surface area contributed by atoms with E-state index in [1.54, 1.807) is 13.3 Å². The van der Waals surface area contributed by atoms with Gasteiger partial charge in [0.1, 0.15) is 5.82 Å². The summed E-state index contributed by atoms with van der Waals surface area (Å²) in [5.41, 5.74) is 2.82. The Balaban J connectivity index is 1.33. The summed E-state index contributed by atoms with van der Waals surface area (Å²) in [6.45, 7) is 3.91. The first-order chi connectivity index (χ1) is 18.1. The van der Waals surface area contributed by atoms with Gasteiger partial charge in [-0.2, -0.15) is 0 Å². The van der Waals surface area contributed by atoms with Gasteiger partial charge in [0.2, 0.25) is 0 Å². The van der Waals surface area contributed by atoms with Gasteiger partial charge in [-0.25, -0.2) is 18.4 Å². The van der Waals surface area contributed by atoms with Gasteiger partial charge in [-0.15, -0.1) is 0 Å². The van der Waals surface area contributed by atoms with Gasteiger partial charge in [-0.3, -0.25) is 14.8 Å². The summed E-state index contributed by atoms with van der Waals surface area (Å²) in [6, 6.07) is 12.9. The van der Waals surface area contributed by atoms with E-state index in [0.717, 1.165) is 53.9 Å². The standard InChI is InChI=1S/C27H28N6O4S/c1-27(37-2)9-10-33(17-27)25-6-4-5-22(32-25)23-8-7-18-14-29-20(12-24(18)31-23)15-30-26(34)19-11-21(16-28-13-19)38(3,35)36/h4-8,11-14,16H,9-10,15,17H2,1-3H3,(H,30,34)/t27-/m1/s1. The minimum absolute atomic E-state index is 0.0131. The first kappa shape index (κ1) is 25.7. The Labute approximate surface area is 221 Å². The number of ether oxygens (including phenoxy) is 1. The Morgan fingerprint density at radius 3 is 2.68 bits per heavy atom. The third kappa shape index (κ3) is 5.48. The number of carbonyl (C=O) groups is 1. The molecule has 1 aliphatic heterocycles. The van der Waals surface area contributed by atoms with Crippen molar-refractivity contribution in [3.8, 4) is 11.4 Å². The van der Waals surface area contributed by atoms with Gasteiger partial charge >= 0.3 is 0 Å². The fourth-order valence-corrected chi connectivity index (χ4v) is 4.95. The largest absolute Gasteiger partial charge is 0.377 e. The molecule has 196 valence electrons. The van der Waals surface area contributed by atoms with Crippen molar-refractivity contribution in [2.24, 2.45) is 0 Å². The molecule has 38 heavy (non-hydrogen) atoms. The van der Waals surface area contributed by atoms with Crippen molar-refractivity contribution in [1.82, 2.24) is 25.3 Å². The van der Waals surface area contributed by atoms with Crippen molar-refractivity contribution in [1.29, 1.82) is 0 Å². The number of amides is 1. The fourth-order valence-electron chi connectivity index (χ4n) is 4.35. The smallest absolute Gasteiger partial charge is 0.253 e. The van der Waals surface area contributed by atoms with E-state index in [0.29, 0.717) is 5.69 Å². The van der Waals surface area contributed by atoms with Crippen LogP contribution in [0.25, 0.3) is 22.3 Å². The first-order valence-electron chi connectivity index (χ1n) is 12.1. The number of rotatable bonds is 7. The molecule has 0 radical (unpaired) electrons. The van der Waals surface area contributed by atoms with Gasteiger partial charge in [-0.05, 0) is 49.7 Å². The van der Waals surface area contributed by atoms with E-state index in [1.165, 1.54) is 18.5 Å². The van der Waals surface area contributed by atoms with Crippen LogP contribution < -0.4 is 10.2 Å². The lowest BCUT2D eigenvalue weighted by Crippen LogP contribution is -2.32. The van der Waals surface area contributed by atoms with E-state index in [9.17, 15) is 13.2 Å². The average molecular weight is 533 g/mol. The predicted octanol–water partition coefficient (Wildman–Crippen LogP) is 3.04. The zero-order valence-corrected chi connectivity index (χ0v) is 22.2. The number of anilines is 1. The molecule has 5 heterocycles. The minimum Gasteiger partial charge on any atom is -0.377 e. The summed E-state index contributed by atoms with van der Waals surface area (Å²) in [5, 5.41) is 3.62. The summed E-state index contributed by atoms with van der Waals surface area (Å²) in [4.78, 5) is 32.8. The summed E-state index contributed by atoms with van der Waals surface area (Å²) in [5.74, 6) is 0.442. The number of carbonyl (C=O) groups excluding carboxylic acids is 1. The highest BCUT2D eigenvalue weighted by molar-refractivity contribution is 7.90. The average Bonchev–Trinajstić information content (AvgIpc) is 3.33. The molecule has 0 unspecified atom stereocenters. The Hall–Kier alpha value is -3.96. The van der Waals surface area contributed by atoms with Crippen molar-refractivity contribution < 1.29 is 17.9 Å². The Bertz CT molecular complexity index is 1630. The lowest BCUT2D eigenvalue weighted by atomic mass is 10.1. The van der Waals surface area contributed by atoms with Crippen molar-refractivity contribution >= 4 is 32.5 Å². The van der Waals surface area contributed by atoms with Crippen molar-refractivity contribution in [2.75, 3.05) is 31.4 Å². The van der Waals surface area contributed by atoms with Crippen molar-refractivity contribution in [3.63, 3.8) is 0 Å². The van der Waals surface area contributed by atoms with Crippen LogP contribution in [0.1, 0.15) is 29.4 Å². The number of aromatic nitrogens is 4. The molecule has 1 amide bonds. The van der Waals surface area contributed by atoms with Crippen LogP contribution >= 0.6 is 0 Å². The van der Waals surface area contributed by atoms with Gasteiger partial charge < -0.3 is 15.0 Å². The second-order valence-electron chi connectivity index (χ2n) is 9.64. The number of sulfone groups is 1. The maximum atomic E-state index is 12.6. The molecule has 5 rings (SSSR count). The van der Waals surface area contributed by atoms with E-state index in [1.807, 2.05) is 36.4 Å². The van der Waals surface area contributed by atoms with Crippen LogP contribution in [0.2, 0.25) is 0 Å². The molecular weight excluding hydrogens is 504 g/mol. The SMILES string of the molecule is CO[C@]1(C)CCN(c2cccc(-c3ccc4cnc(CNC(=O)c5cncc(S(C)(=O)=O)c5)cc4n3)n2)C1. The highest BCUT2D eigenvalue weighted by Gasteiger charge is 2.34. The maximum Gasteiger partial charge on any atom is 0.253 e. The normalized spacial score (nSPS) is 17.6. The quantitative estimate of drug-likeness (QED) is 0.382. The molecular formula is C27H28N6O4S. The second kappa shape index (κ2) is 10.1. The van der Waals surface area contributed by atoms with Crippen LogP contribution in [-0.4, -0.2) is 66.3 Å². The molecule has 1 fully saturated rings. The molecule has 10 nitrogen and oxygen atoms in total. The van der Waals surface area contributed by atoms with Crippen LogP contribution in [0.4, 0.5) is 5.82 Å². The van der Waals surface area contributed by atoms with Crippen molar-refractivity contribution in [2.45, 2.75) is 30.4 Å². The van der Waals surface area contributed by atoms with Crippen LogP contribution in [0.5, 0.6) is 0 Å². The number of pyridine rings is 4. The highest BCUT2D eigenvalue weighted by atomic mass is 32.2. The fraction of sp³-hybridized carbons (Fsp3) is 0.296. The third-order valence-electron chi connectivity index (χ3n) is 6.71. The monoisotopic (exact) mass is 532 g/mol. The van der Waals surface area contributed by atoms with E-state index in [-0.39, 0.29) is 22.6 Å². The minimum atomic E-state index is -3.47. The van der Waals surface area contributed by atoms with Gasteiger partial charge in [-0.1, -0.05) is 6.07 Å². The topological polar surface area (TPSA) is 127 Å². The van der Waals surface area contributed by atoms with Crippen LogP contribution in [0.3, 0.4) is 0 Å². The molecule has 0 spiro atoms. The Morgan fingerprint density at radius 2 is 1.92 bits per heavy atom. The van der Waals surface area contributed by atoms with Crippen molar-refractivity contribution in [3.05, 3.63) is 72.3 Å². The van der Waals surface area contributed by atoms with Gasteiger partial charge in [0.15, 0.2) is 9.84 Å². The predicted molar refractivity (Wildman–Crippen MR) is 144 cm³/mol. The Kier molecular flexibility index (Phi) is 6.80. The number of hydrogen-bond acceptors (Lipinski definition) is 9. The number of nitrogens with one attached hydrogen (secondary N) is 1. The number of hydrogen-bond donors (Lipinski definition) is 1. The highest BCUT2D eigenvalue weighted by Crippen LogP contribution is 2.29. The molecule has 0 aromatic carbocycles. The van der Waals surface area contributed by atoms with E-state index < -0.39 is 15.7 Å². The van der Waals surface area contributed by atoms with E-state index in [4.69, 9.17) is 14.7 Å². The maximum absolute atomic E-state index is 12.6. The zero-order valence-electron chi connectivity index (χ0n) is 21.4. The van der Waals surface area contributed by atoms with E-state index in [2.05, 4.69) is 27.1 Å². The Morgan fingerprint density at radius 1 is 1.11 bits per heavy atom. The van der Waals surface area contributed by atoms with Crippen LogP contribution in [-0.2, 0) is 21.1 Å². The zero-order chi connectivity index (χ0) is 26.9.